The highest BCUT2D eigenvalue weighted by molar-refractivity contribution is 8.23. The molecule has 0 fully saturated rings. The molecule has 1 nitrogen and oxygen atoms in total. The van der Waals surface area contributed by atoms with Gasteiger partial charge in [-0.05, 0) is 6.42 Å². The average Bonchev–Trinajstić information content (AvgIpc) is 2.15. The molecule has 0 aromatic rings. The Morgan fingerprint density at radius 2 is 1.73 bits per heavy atom. The van der Waals surface area contributed by atoms with Crippen molar-refractivity contribution in [3.63, 3.8) is 0 Å². The molecule has 0 aliphatic carbocycles. The first-order chi connectivity index (χ1) is 7.16. The lowest BCUT2D eigenvalue weighted by atomic mass is 10.1. The zero-order chi connectivity index (χ0) is 11.5. The molecule has 0 aliphatic rings. The molecule has 0 unspecified atom stereocenters. The molecule has 0 aliphatic heterocycles. The van der Waals surface area contributed by atoms with Crippen LogP contribution in [0.5, 0.6) is 0 Å². The number of hydrogen-bond donors (Lipinski definition) is 1. The van der Waals surface area contributed by atoms with Crippen LogP contribution in [0.1, 0.15) is 59.3 Å². The van der Waals surface area contributed by atoms with E-state index in [1.165, 1.54) is 38.5 Å². The second kappa shape index (κ2) is 10.7. The van der Waals surface area contributed by atoms with Gasteiger partial charge in [-0.3, -0.25) is 0 Å². The minimum Gasteiger partial charge on any atom is -0.371 e. The third-order valence-electron chi connectivity index (χ3n) is 2.14. The van der Waals surface area contributed by atoms with Crippen molar-refractivity contribution in [1.82, 2.24) is 5.32 Å². The fourth-order valence-electron chi connectivity index (χ4n) is 1.35. The van der Waals surface area contributed by atoms with Crippen LogP contribution < -0.4 is 5.32 Å². The first-order valence-corrected chi connectivity index (χ1v) is 7.40. The van der Waals surface area contributed by atoms with Gasteiger partial charge in [-0.15, -0.1) is 0 Å². The van der Waals surface area contributed by atoms with Crippen LogP contribution in [0.3, 0.4) is 0 Å². The van der Waals surface area contributed by atoms with E-state index in [4.69, 9.17) is 12.2 Å². The fourth-order valence-corrected chi connectivity index (χ4v) is 2.64. The summed E-state index contributed by atoms with van der Waals surface area (Å²) in [5, 5.41) is 3.89. The van der Waals surface area contributed by atoms with Crippen LogP contribution in [-0.2, 0) is 0 Å². The molecule has 3 heteroatoms. The summed E-state index contributed by atoms with van der Waals surface area (Å²) in [5.41, 5.74) is 0. The minimum absolute atomic E-state index is 0.592. The van der Waals surface area contributed by atoms with Gasteiger partial charge in [0, 0.05) is 11.8 Å². The van der Waals surface area contributed by atoms with Crippen LogP contribution >= 0.6 is 24.0 Å². The van der Waals surface area contributed by atoms with Crippen molar-refractivity contribution in [3.8, 4) is 0 Å². The highest BCUT2D eigenvalue weighted by Crippen LogP contribution is 2.10. The summed E-state index contributed by atoms with van der Waals surface area (Å²) in [4.78, 5) is 0. The highest BCUT2D eigenvalue weighted by atomic mass is 32.2. The van der Waals surface area contributed by atoms with Crippen molar-refractivity contribution in [2.24, 2.45) is 0 Å². The summed E-state index contributed by atoms with van der Waals surface area (Å²) in [6, 6.07) is 0. The number of unbranched alkanes of at least 4 members (excludes halogenated alkanes) is 5. The van der Waals surface area contributed by atoms with Crippen LogP contribution in [0, 0.1) is 0 Å². The molecule has 0 aromatic heterocycles. The zero-order valence-electron chi connectivity index (χ0n) is 10.3. The number of thiocarbonyl (C=S) groups is 1. The van der Waals surface area contributed by atoms with Crippen LogP contribution in [0.2, 0.25) is 0 Å². The molecule has 0 rings (SSSR count). The maximum absolute atomic E-state index is 5.20. The van der Waals surface area contributed by atoms with E-state index in [0.29, 0.717) is 5.25 Å². The van der Waals surface area contributed by atoms with Crippen molar-refractivity contribution < 1.29 is 0 Å². The van der Waals surface area contributed by atoms with Crippen LogP contribution in [0.15, 0.2) is 0 Å². The van der Waals surface area contributed by atoms with E-state index in [0.717, 1.165) is 10.9 Å². The Kier molecular flexibility index (Phi) is 10.9. The Balaban J connectivity index is 3.13. The highest BCUT2D eigenvalue weighted by Gasteiger charge is 1.99. The molecule has 0 heterocycles. The van der Waals surface area contributed by atoms with E-state index in [1.54, 1.807) is 11.8 Å². The van der Waals surface area contributed by atoms with Crippen LogP contribution in [-0.4, -0.2) is 16.1 Å². The van der Waals surface area contributed by atoms with Gasteiger partial charge in [0.25, 0.3) is 0 Å². The SMILES string of the molecule is CCCCCCCCNC(=S)SC(C)C. The second-order valence-electron chi connectivity index (χ2n) is 4.15. The van der Waals surface area contributed by atoms with Gasteiger partial charge in [-0.2, -0.15) is 0 Å². The molecule has 0 spiro atoms. The molecule has 0 saturated carbocycles. The molecular weight excluding hydrogens is 222 g/mol. The van der Waals surface area contributed by atoms with Gasteiger partial charge in [0.05, 0.1) is 0 Å². The summed E-state index contributed by atoms with van der Waals surface area (Å²) < 4.78 is 0.957. The van der Waals surface area contributed by atoms with E-state index >= 15 is 0 Å². The Morgan fingerprint density at radius 1 is 1.13 bits per heavy atom. The Morgan fingerprint density at radius 3 is 2.33 bits per heavy atom. The molecule has 0 saturated heterocycles. The number of thioether (sulfide) groups is 1. The van der Waals surface area contributed by atoms with E-state index < -0.39 is 0 Å². The van der Waals surface area contributed by atoms with E-state index in [2.05, 4.69) is 26.1 Å². The van der Waals surface area contributed by atoms with Crippen molar-refractivity contribution in [2.45, 2.75) is 64.5 Å². The van der Waals surface area contributed by atoms with Gasteiger partial charge in [-0.25, -0.2) is 0 Å². The smallest absolute Gasteiger partial charge is 0.134 e. The predicted molar refractivity (Wildman–Crippen MR) is 76.7 cm³/mol. The van der Waals surface area contributed by atoms with Crippen molar-refractivity contribution in [2.75, 3.05) is 6.54 Å². The van der Waals surface area contributed by atoms with Crippen LogP contribution in [0.4, 0.5) is 0 Å². The molecule has 1 N–H and O–H groups in total. The van der Waals surface area contributed by atoms with Crippen molar-refractivity contribution in [1.29, 1.82) is 0 Å². The summed E-state index contributed by atoms with van der Waals surface area (Å²) in [7, 11) is 0. The van der Waals surface area contributed by atoms with Crippen molar-refractivity contribution >= 4 is 28.3 Å². The maximum atomic E-state index is 5.20. The lowest BCUT2D eigenvalue weighted by Crippen LogP contribution is -2.20. The summed E-state index contributed by atoms with van der Waals surface area (Å²) in [6.45, 7) is 7.64. The quantitative estimate of drug-likeness (QED) is 0.505. The third kappa shape index (κ3) is 12.2. The lowest BCUT2D eigenvalue weighted by molar-refractivity contribution is 0.603. The Hall–Kier alpha value is 0.240. The Labute approximate surface area is 105 Å². The lowest BCUT2D eigenvalue weighted by Gasteiger charge is -2.09. The monoisotopic (exact) mass is 247 g/mol. The van der Waals surface area contributed by atoms with Crippen molar-refractivity contribution in [3.05, 3.63) is 0 Å². The molecule has 90 valence electrons. The first-order valence-electron chi connectivity index (χ1n) is 6.11. The summed E-state index contributed by atoms with van der Waals surface area (Å²) >= 11 is 6.95. The topological polar surface area (TPSA) is 12.0 Å². The van der Waals surface area contributed by atoms with Gasteiger partial charge in [0.2, 0.25) is 0 Å². The average molecular weight is 247 g/mol. The van der Waals surface area contributed by atoms with E-state index in [1.807, 2.05) is 0 Å². The number of rotatable bonds is 8. The van der Waals surface area contributed by atoms with Gasteiger partial charge >= 0.3 is 0 Å². The molecule has 15 heavy (non-hydrogen) atoms. The minimum atomic E-state index is 0.592. The van der Waals surface area contributed by atoms with Gasteiger partial charge in [-0.1, -0.05) is 76.9 Å². The predicted octanol–water partition coefficient (Wildman–Crippen LogP) is 4.36. The molecule has 0 bridgehead atoms. The zero-order valence-corrected chi connectivity index (χ0v) is 12.0. The molecule has 0 radical (unpaired) electrons. The maximum Gasteiger partial charge on any atom is 0.134 e. The Bertz CT molecular complexity index is 158. The standard InChI is InChI=1S/C12H25NS2/c1-4-5-6-7-8-9-10-13-12(14)15-11(2)3/h11H,4-10H2,1-3H3,(H,13,14). The number of hydrogen-bond acceptors (Lipinski definition) is 2. The largest absolute Gasteiger partial charge is 0.371 e. The van der Waals surface area contributed by atoms with Crippen LogP contribution in [0.25, 0.3) is 0 Å². The normalized spacial score (nSPS) is 10.7. The molecule has 0 aromatic carbocycles. The number of nitrogens with one attached hydrogen (secondary N) is 1. The molecular formula is C12H25NS2. The summed E-state index contributed by atoms with van der Waals surface area (Å²) in [6.07, 6.45) is 8.06. The third-order valence-corrected chi connectivity index (χ3v) is 3.41. The fraction of sp³-hybridized carbons (Fsp3) is 0.917. The first kappa shape index (κ1) is 15.2. The van der Waals surface area contributed by atoms with Gasteiger partial charge in [0.1, 0.15) is 4.32 Å². The molecule has 0 amide bonds. The van der Waals surface area contributed by atoms with E-state index in [9.17, 15) is 0 Å². The van der Waals surface area contributed by atoms with E-state index in [-0.39, 0.29) is 0 Å². The van der Waals surface area contributed by atoms with Gasteiger partial charge in [0.15, 0.2) is 0 Å². The summed E-state index contributed by atoms with van der Waals surface area (Å²) in [5.74, 6) is 0. The second-order valence-corrected chi connectivity index (χ2v) is 6.40. The molecule has 0 atom stereocenters. The van der Waals surface area contributed by atoms with Gasteiger partial charge < -0.3 is 5.32 Å².